The number of benzene rings is 1. The molecule has 1 aromatic rings. The predicted molar refractivity (Wildman–Crippen MR) is 78.3 cm³/mol. The number of hydrogen-bond donors (Lipinski definition) is 0. The molecular formula is C16H21NO4. The molecule has 0 radical (unpaired) electrons. The van der Waals surface area contributed by atoms with Crippen LogP contribution in [0.1, 0.15) is 40.5 Å². The largest absolute Gasteiger partial charge is 0.385 e. The van der Waals surface area contributed by atoms with Gasteiger partial charge in [-0.05, 0) is 25.0 Å². The maximum atomic E-state index is 12.3. The maximum absolute atomic E-state index is 12.3. The van der Waals surface area contributed by atoms with Gasteiger partial charge in [0.2, 0.25) is 0 Å². The van der Waals surface area contributed by atoms with Crippen LogP contribution in [0.2, 0.25) is 0 Å². The second kappa shape index (κ2) is 7.33. The Morgan fingerprint density at radius 1 is 1.10 bits per heavy atom. The lowest BCUT2D eigenvalue weighted by molar-refractivity contribution is 0.0158. The topological polar surface area (TPSA) is 55.8 Å². The van der Waals surface area contributed by atoms with E-state index in [4.69, 9.17) is 9.47 Å². The number of fused-ring (bicyclic) bond motifs is 1. The molecule has 0 spiro atoms. The predicted octanol–water partition coefficient (Wildman–Crippen LogP) is 2.11. The number of imide groups is 1. The Bertz CT molecular complexity index is 480. The summed E-state index contributed by atoms with van der Waals surface area (Å²) in [4.78, 5) is 25.8. The van der Waals surface area contributed by atoms with Crippen molar-refractivity contribution < 1.29 is 19.1 Å². The quantitative estimate of drug-likeness (QED) is 0.544. The summed E-state index contributed by atoms with van der Waals surface area (Å²) in [5, 5.41) is 0. The molecule has 1 unspecified atom stereocenters. The van der Waals surface area contributed by atoms with Crippen LogP contribution in [0, 0.1) is 0 Å². The summed E-state index contributed by atoms with van der Waals surface area (Å²) >= 11 is 0. The van der Waals surface area contributed by atoms with Crippen molar-refractivity contribution in [1.29, 1.82) is 0 Å². The molecule has 1 aromatic carbocycles. The summed E-state index contributed by atoms with van der Waals surface area (Å²) in [5.41, 5.74) is 0.966. The van der Waals surface area contributed by atoms with E-state index in [0.717, 1.165) is 12.8 Å². The van der Waals surface area contributed by atoms with Crippen molar-refractivity contribution in [2.24, 2.45) is 0 Å². The van der Waals surface area contributed by atoms with Crippen molar-refractivity contribution in [3.8, 4) is 0 Å². The molecule has 114 valence electrons. The highest BCUT2D eigenvalue weighted by molar-refractivity contribution is 6.21. The molecule has 1 aliphatic rings. The first-order chi connectivity index (χ1) is 10.2. The van der Waals surface area contributed by atoms with E-state index in [9.17, 15) is 9.59 Å². The van der Waals surface area contributed by atoms with Crippen LogP contribution in [0.5, 0.6) is 0 Å². The minimum Gasteiger partial charge on any atom is -0.385 e. The zero-order valence-corrected chi connectivity index (χ0v) is 12.5. The first-order valence-electron chi connectivity index (χ1n) is 7.24. The van der Waals surface area contributed by atoms with Crippen LogP contribution in [0.25, 0.3) is 0 Å². The molecule has 0 saturated carbocycles. The van der Waals surface area contributed by atoms with Crippen LogP contribution in [-0.2, 0) is 9.47 Å². The van der Waals surface area contributed by atoms with Crippen LogP contribution in [0.3, 0.4) is 0 Å². The molecule has 2 rings (SSSR count). The standard InChI is InChI=1S/C16H21NO4/c1-3-12(21-10-6-9-20-2)11-17-15(18)13-7-4-5-8-14(13)16(17)19/h4-5,7-8,12H,3,6,9-11H2,1-2H3. The Hall–Kier alpha value is -1.72. The van der Waals surface area contributed by atoms with E-state index in [1.165, 1.54) is 4.90 Å². The van der Waals surface area contributed by atoms with Gasteiger partial charge in [-0.15, -0.1) is 0 Å². The van der Waals surface area contributed by atoms with E-state index in [2.05, 4.69) is 0 Å². The average Bonchev–Trinajstić information content (AvgIpc) is 2.75. The van der Waals surface area contributed by atoms with Gasteiger partial charge >= 0.3 is 0 Å². The van der Waals surface area contributed by atoms with Crippen molar-refractivity contribution in [2.45, 2.75) is 25.9 Å². The molecule has 1 aliphatic heterocycles. The van der Waals surface area contributed by atoms with E-state index < -0.39 is 0 Å². The molecule has 5 heteroatoms. The molecule has 0 bridgehead atoms. The molecule has 21 heavy (non-hydrogen) atoms. The highest BCUT2D eigenvalue weighted by Gasteiger charge is 2.36. The van der Waals surface area contributed by atoms with Gasteiger partial charge in [0.05, 0.1) is 23.8 Å². The van der Waals surface area contributed by atoms with Crippen molar-refractivity contribution in [3.05, 3.63) is 35.4 Å². The van der Waals surface area contributed by atoms with E-state index in [1.54, 1.807) is 31.4 Å². The first kappa shape index (κ1) is 15.7. The molecule has 0 aliphatic carbocycles. The molecule has 1 atom stereocenters. The number of carbonyl (C=O) groups is 2. The Balaban J connectivity index is 1.96. The van der Waals surface area contributed by atoms with Crippen LogP contribution in [0.4, 0.5) is 0 Å². The molecule has 5 nitrogen and oxygen atoms in total. The van der Waals surface area contributed by atoms with Gasteiger partial charge in [0.1, 0.15) is 0 Å². The summed E-state index contributed by atoms with van der Waals surface area (Å²) < 4.78 is 10.7. The highest BCUT2D eigenvalue weighted by atomic mass is 16.5. The molecule has 0 N–H and O–H groups in total. The molecular weight excluding hydrogens is 270 g/mol. The van der Waals surface area contributed by atoms with Crippen molar-refractivity contribution >= 4 is 11.8 Å². The molecule has 0 aromatic heterocycles. The van der Waals surface area contributed by atoms with Gasteiger partial charge in [0.15, 0.2) is 0 Å². The van der Waals surface area contributed by atoms with Crippen molar-refractivity contribution in [1.82, 2.24) is 4.90 Å². The number of nitrogens with zero attached hydrogens (tertiary/aromatic N) is 1. The maximum Gasteiger partial charge on any atom is 0.261 e. The number of carbonyl (C=O) groups excluding carboxylic acids is 2. The third-order valence-electron chi connectivity index (χ3n) is 3.57. The fourth-order valence-electron chi connectivity index (χ4n) is 2.36. The fourth-order valence-corrected chi connectivity index (χ4v) is 2.36. The molecule has 0 fully saturated rings. The lowest BCUT2D eigenvalue weighted by Gasteiger charge is -2.21. The van der Waals surface area contributed by atoms with Crippen LogP contribution in [0.15, 0.2) is 24.3 Å². The Morgan fingerprint density at radius 2 is 1.71 bits per heavy atom. The lowest BCUT2D eigenvalue weighted by Crippen LogP contribution is -2.38. The second-order valence-electron chi connectivity index (χ2n) is 5.01. The van der Waals surface area contributed by atoms with Crippen LogP contribution < -0.4 is 0 Å². The summed E-state index contributed by atoms with van der Waals surface area (Å²) in [6, 6.07) is 6.92. The van der Waals surface area contributed by atoms with E-state index in [-0.39, 0.29) is 17.9 Å². The Labute approximate surface area is 124 Å². The number of ether oxygens (including phenoxy) is 2. The summed E-state index contributed by atoms with van der Waals surface area (Å²) in [6.07, 6.45) is 1.42. The van der Waals surface area contributed by atoms with E-state index >= 15 is 0 Å². The van der Waals surface area contributed by atoms with Gasteiger partial charge in [-0.25, -0.2) is 0 Å². The van der Waals surface area contributed by atoms with Gasteiger partial charge in [-0.3, -0.25) is 14.5 Å². The number of amides is 2. The normalized spacial score (nSPS) is 15.4. The van der Waals surface area contributed by atoms with Crippen molar-refractivity contribution in [2.75, 3.05) is 26.9 Å². The third-order valence-corrected chi connectivity index (χ3v) is 3.57. The Kier molecular flexibility index (Phi) is 5.47. The van der Waals surface area contributed by atoms with Crippen LogP contribution >= 0.6 is 0 Å². The lowest BCUT2D eigenvalue weighted by atomic mass is 10.1. The SMILES string of the molecule is CCC(CN1C(=O)c2ccccc2C1=O)OCCCOC. The third kappa shape index (κ3) is 3.49. The summed E-state index contributed by atoms with van der Waals surface area (Å²) in [5.74, 6) is -0.455. The van der Waals surface area contributed by atoms with E-state index in [0.29, 0.717) is 30.9 Å². The van der Waals surface area contributed by atoms with Gasteiger partial charge in [-0.2, -0.15) is 0 Å². The summed E-state index contributed by atoms with van der Waals surface area (Å²) in [7, 11) is 1.65. The van der Waals surface area contributed by atoms with E-state index in [1.807, 2.05) is 6.92 Å². The zero-order chi connectivity index (χ0) is 15.2. The smallest absolute Gasteiger partial charge is 0.261 e. The second-order valence-corrected chi connectivity index (χ2v) is 5.01. The van der Waals surface area contributed by atoms with Crippen LogP contribution in [-0.4, -0.2) is 49.7 Å². The Morgan fingerprint density at radius 3 is 2.24 bits per heavy atom. The van der Waals surface area contributed by atoms with Crippen molar-refractivity contribution in [3.63, 3.8) is 0 Å². The van der Waals surface area contributed by atoms with Gasteiger partial charge < -0.3 is 9.47 Å². The van der Waals surface area contributed by atoms with Gasteiger partial charge in [0, 0.05) is 20.3 Å². The minimum atomic E-state index is -0.227. The molecule has 0 saturated heterocycles. The monoisotopic (exact) mass is 291 g/mol. The summed E-state index contributed by atoms with van der Waals surface area (Å²) in [6.45, 7) is 3.49. The minimum absolute atomic E-state index is 0.135. The zero-order valence-electron chi connectivity index (χ0n) is 12.5. The molecule has 2 amide bonds. The number of methoxy groups -OCH3 is 1. The number of rotatable bonds is 8. The highest BCUT2D eigenvalue weighted by Crippen LogP contribution is 2.23. The van der Waals surface area contributed by atoms with Gasteiger partial charge in [-0.1, -0.05) is 19.1 Å². The number of hydrogen-bond acceptors (Lipinski definition) is 4. The fraction of sp³-hybridized carbons (Fsp3) is 0.500. The van der Waals surface area contributed by atoms with Gasteiger partial charge in [0.25, 0.3) is 11.8 Å². The molecule has 1 heterocycles. The first-order valence-corrected chi connectivity index (χ1v) is 7.24. The average molecular weight is 291 g/mol.